The number of nitrogens with zero attached hydrogens (tertiary/aromatic N) is 2. The summed E-state index contributed by atoms with van der Waals surface area (Å²) in [5, 5.41) is 5.41. The Labute approximate surface area is 143 Å². The number of nitrogens with one attached hydrogen (secondary N) is 1. The van der Waals surface area contributed by atoms with E-state index in [1.54, 1.807) is 11.3 Å². The SMILES string of the molecule is CCN(CC)C1CCN(C(=O)N[C@H](c2cccs2)C2CC2)CC1. The number of piperidine rings is 1. The van der Waals surface area contributed by atoms with E-state index in [1.165, 1.54) is 17.7 Å². The summed E-state index contributed by atoms with van der Waals surface area (Å²) in [4.78, 5) is 18.5. The number of likely N-dealkylation sites (tertiary alicyclic amines) is 1. The van der Waals surface area contributed by atoms with E-state index in [4.69, 9.17) is 0 Å². The maximum absolute atomic E-state index is 12.7. The Morgan fingerprint density at radius 1 is 1.30 bits per heavy atom. The van der Waals surface area contributed by atoms with Crippen molar-refractivity contribution in [1.82, 2.24) is 15.1 Å². The van der Waals surface area contributed by atoms with Crippen LogP contribution >= 0.6 is 11.3 Å². The molecule has 1 aliphatic heterocycles. The molecule has 1 saturated carbocycles. The van der Waals surface area contributed by atoms with Gasteiger partial charge in [-0.05, 0) is 56.1 Å². The van der Waals surface area contributed by atoms with Crippen molar-refractivity contribution < 1.29 is 4.79 Å². The minimum Gasteiger partial charge on any atom is -0.330 e. The normalized spacial score (nSPS) is 20.7. The van der Waals surface area contributed by atoms with Crippen LogP contribution in [0, 0.1) is 5.92 Å². The van der Waals surface area contributed by atoms with Gasteiger partial charge in [0.2, 0.25) is 0 Å². The first-order valence-corrected chi connectivity index (χ1v) is 9.93. The summed E-state index contributed by atoms with van der Waals surface area (Å²) in [7, 11) is 0. The molecule has 0 radical (unpaired) electrons. The van der Waals surface area contributed by atoms with Crippen LogP contribution in [0.5, 0.6) is 0 Å². The molecule has 1 atom stereocenters. The maximum Gasteiger partial charge on any atom is 0.317 e. The van der Waals surface area contributed by atoms with Crippen molar-refractivity contribution in [2.24, 2.45) is 5.92 Å². The molecule has 23 heavy (non-hydrogen) atoms. The molecule has 0 unspecified atom stereocenters. The number of hydrogen-bond acceptors (Lipinski definition) is 3. The van der Waals surface area contributed by atoms with Crippen LogP contribution < -0.4 is 5.32 Å². The van der Waals surface area contributed by atoms with Crippen LogP contribution in [0.15, 0.2) is 17.5 Å². The number of urea groups is 1. The van der Waals surface area contributed by atoms with Crippen molar-refractivity contribution in [3.05, 3.63) is 22.4 Å². The van der Waals surface area contributed by atoms with Gasteiger partial charge >= 0.3 is 6.03 Å². The van der Waals surface area contributed by atoms with Crippen molar-refractivity contribution in [2.45, 2.75) is 51.6 Å². The van der Waals surface area contributed by atoms with Gasteiger partial charge in [0, 0.05) is 24.0 Å². The van der Waals surface area contributed by atoms with E-state index in [0.717, 1.165) is 39.0 Å². The predicted octanol–water partition coefficient (Wildman–Crippen LogP) is 3.72. The Kier molecular flexibility index (Phi) is 5.59. The quantitative estimate of drug-likeness (QED) is 0.860. The van der Waals surface area contributed by atoms with Gasteiger partial charge in [-0.2, -0.15) is 0 Å². The summed E-state index contributed by atoms with van der Waals surface area (Å²) < 4.78 is 0. The molecule has 128 valence electrons. The van der Waals surface area contributed by atoms with Crippen LogP contribution in [-0.2, 0) is 0 Å². The number of hydrogen-bond donors (Lipinski definition) is 1. The molecule has 4 nitrogen and oxygen atoms in total. The summed E-state index contributed by atoms with van der Waals surface area (Å²) in [6.07, 6.45) is 4.68. The zero-order chi connectivity index (χ0) is 16.2. The topological polar surface area (TPSA) is 35.6 Å². The van der Waals surface area contributed by atoms with Crippen LogP contribution in [0.3, 0.4) is 0 Å². The Bertz CT molecular complexity index is 488. The molecule has 1 saturated heterocycles. The number of carbonyl (C=O) groups excluding carboxylic acids is 1. The number of rotatable bonds is 6. The minimum atomic E-state index is 0.133. The third-order valence-corrected chi connectivity index (χ3v) is 6.26. The van der Waals surface area contributed by atoms with Gasteiger partial charge in [0.05, 0.1) is 6.04 Å². The molecule has 0 spiro atoms. The Balaban J connectivity index is 1.53. The number of thiophene rings is 1. The van der Waals surface area contributed by atoms with E-state index < -0.39 is 0 Å². The highest BCUT2D eigenvalue weighted by atomic mass is 32.1. The molecule has 2 amide bonds. The van der Waals surface area contributed by atoms with Gasteiger partial charge in [-0.1, -0.05) is 19.9 Å². The molecule has 5 heteroatoms. The zero-order valence-electron chi connectivity index (χ0n) is 14.3. The highest BCUT2D eigenvalue weighted by Crippen LogP contribution is 2.42. The van der Waals surface area contributed by atoms with Gasteiger partial charge < -0.3 is 15.1 Å². The third-order valence-electron chi connectivity index (χ3n) is 5.30. The smallest absolute Gasteiger partial charge is 0.317 e. The van der Waals surface area contributed by atoms with Gasteiger partial charge in [0.1, 0.15) is 0 Å². The van der Waals surface area contributed by atoms with Crippen molar-refractivity contribution >= 4 is 17.4 Å². The summed E-state index contributed by atoms with van der Waals surface area (Å²) in [5.41, 5.74) is 0. The molecular weight excluding hydrogens is 306 g/mol. The second kappa shape index (κ2) is 7.67. The summed E-state index contributed by atoms with van der Waals surface area (Å²) in [6.45, 7) is 8.43. The van der Waals surface area contributed by atoms with Crippen LogP contribution in [0.4, 0.5) is 4.79 Å². The van der Waals surface area contributed by atoms with E-state index in [2.05, 4.69) is 41.6 Å². The fraction of sp³-hybridized carbons (Fsp3) is 0.722. The van der Waals surface area contributed by atoms with Gasteiger partial charge in [-0.3, -0.25) is 0 Å². The van der Waals surface area contributed by atoms with Crippen LogP contribution in [0.1, 0.15) is 50.4 Å². The van der Waals surface area contributed by atoms with Crippen molar-refractivity contribution in [2.75, 3.05) is 26.2 Å². The Hall–Kier alpha value is -1.07. The Morgan fingerprint density at radius 3 is 2.52 bits per heavy atom. The number of amides is 2. The first kappa shape index (κ1) is 16.8. The summed E-state index contributed by atoms with van der Waals surface area (Å²) >= 11 is 1.76. The molecule has 2 heterocycles. The molecule has 1 aromatic rings. The summed E-state index contributed by atoms with van der Waals surface area (Å²) in [5.74, 6) is 0.644. The van der Waals surface area contributed by atoms with Gasteiger partial charge in [0.15, 0.2) is 0 Å². The van der Waals surface area contributed by atoms with Crippen LogP contribution in [0.25, 0.3) is 0 Å². The molecule has 3 rings (SSSR count). The fourth-order valence-electron chi connectivity index (χ4n) is 3.72. The Morgan fingerprint density at radius 2 is 2.00 bits per heavy atom. The number of carbonyl (C=O) groups is 1. The van der Waals surface area contributed by atoms with Gasteiger partial charge in [-0.15, -0.1) is 11.3 Å². The first-order chi connectivity index (χ1) is 11.2. The lowest BCUT2D eigenvalue weighted by Gasteiger charge is -2.38. The predicted molar refractivity (Wildman–Crippen MR) is 95.8 cm³/mol. The first-order valence-electron chi connectivity index (χ1n) is 9.05. The van der Waals surface area contributed by atoms with E-state index in [1.807, 2.05) is 4.90 Å². The van der Waals surface area contributed by atoms with Crippen molar-refractivity contribution in [3.8, 4) is 0 Å². The van der Waals surface area contributed by atoms with Crippen molar-refractivity contribution in [1.29, 1.82) is 0 Å². The molecule has 1 aliphatic carbocycles. The lowest BCUT2D eigenvalue weighted by molar-refractivity contribution is 0.123. The molecule has 1 aromatic heterocycles. The lowest BCUT2D eigenvalue weighted by Crippen LogP contribution is -2.50. The summed E-state index contributed by atoms with van der Waals surface area (Å²) in [6, 6.07) is 5.24. The fourth-order valence-corrected chi connectivity index (χ4v) is 4.59. The minimum absolute atomic E-state index is 0.133. The molecule has 2 fully saturated rings. The second-order valence-electron chi connectivity index (χ2n) is 6.72. The lowest BCUT2D eigenvalue weighted by atomic mass is 10.0. The average Bonchev–Trinajstić information content (AvgIpc) is 3.28. The largest absolute Gasteiger partial charge is 0.330 e. The molecule has 0 aromatic carbocycles. The third kappa shape index (κ3) is 4.07. The highest BCUT2D eigenvalue weighted by molar-refractivity contribution is 7.10. The van der Waals surface area contributed by atoms with E-state index in [0.29, 0.717) is 12.0 Å². The molecular formula is C18H29N3OS. The standard InChI is InChI=1S/C18H29N3OS/c1-3-20(4-2)15-9-11-21(12-10-15)18(22)19-17(14-7-8-14)16-6-5-13-23-16/h5-6,13-15,17H,3-4,7-12H2,1-2H3,(H,19,22)/t17-/m0/s1. The maximum atomic E-state index is 12.7. The monoisotopic (exact) mass is 335 g/mol. The van der Waals surface area contributed by atoms with Gasteiger partial charge in [0.25, 0.3) is 0 Å². The average molecular weight is 336 g/mol. The second-order valence-corrected chi connectivity index (χ2v) is 7.70. The van der Waals surface area contributed by atoms with E-state index in [9.17, 15) is 4.79 Å². The highest BCUT2D eigenvalue weighted by Gasteiger charge is 2.35. The van der Waals surface area contributed by atoms with E-state index in [-0.39, 0.29) is 12.1 Å². The zero-order valence-corrected chi connectivity index (χ0v) is 15.1. The van der Waals surface area contributed by atoms with Crippen LogP contribution in [-0.4, -0.2) is 48.1 Å². The molecule has 0 bridgehead atoms. The molecule has 1 N–H and O–H groups in total. The van der Waals surface area contributed by atoms with E-state index >= 15 is 0 Å². The van der Waals surface area contributed by atoms with Crippen LogP contribution in [0.2, 0.25) is 0 Å². The van der Waals surface area contributed by atoms with Crippen molar-refractivity contribution in [3.63, 3.8) is 0 Å². The van der Waals surface area contributed by atoms with Gasteiger partial charge in [-0.25, -0.2) is 4.79 Å². The molecule has 2 aliphatic rings.